The molecule has 0 fully saturated rings. The summed E-state index contributed by atoms with van der Waals surface area (Å²) in [4.78, 5) is 0. The molecule has 0 spiro atoms. The molecule has 126 valence electrons. The van der Waals surface area contributed by atoms with Crippen LogP contribution in [0.5, 0.6) is 0 Å². The van der Waals surface area contributed by atoms with E-state index in [1.54, 1.807) is 0 Å². The third kappa shape index (κ3) is 3.99. The van der Waals surface area contributed by atoms with Crippen molar-refractivity contribution in [2.75, 3.05) is 0 Å². The lowest BCUT2D eigenvalue weighted by molar-refractivity contribution is 0.561. The van der Waals surface area contributed by atoms with Crippen molar-refractivity contribution in [2.24, 2.45) is 0 Å². The van der Waals surface area contributed by atoms with Gasteiger partial charge in [-0.05, 0) is 36.2 Å². The van der Waals surface area contributed by atoms with Gasteiger partial charge in [-0.15, -0.1) is 6.58 Å². The zero-order valence-electron chi connectivity index (χ0n) is 14.1. The molecule has 3 aromatic rings. The van der Waals surface area contributed by atoms with Crippen LogP contribution in [0.4, 0.5) is 0 Å². The highest BCUT2D eigenvalue weighted by atomic mass is 31.2. The van der Waals surface area contributed by atoms with Crippen molar-refractivity contribution in [3.8, 4) is 0 Å². The second kappa shape index (κ2) is 8.11. The quantitative estimate of drug-likeness (QED) is 0.490. The molecule has 0 saturated carbocycles. The maximum Gasteiger partial charge on any atom is 0.205 e. The van der Waals surface area contributed by atoms with E-state index in [1.807, 2.05) is 84.9 Å². The van der Waals surface area contributed by atoms with Crippen molar-refractivity contribution in [1.29, 1.82) is 0 Å². The lowest BCUT2D eigenvalue weighted by Crippen LogP contribution is -2.30. The molecule has 0 amide bonds. The van der Waals surface area contributed by atoms with E-state index in [-0.39, 0.29) is 6.04 Å². The van der Waals surface area contributed by atoms with E-state index in [1.165, 1.54) is 0 Å². The minimum atomic E-state index is -2.97. The molecule has 3 heteroatoms. The Balaban J connectivity index is 2.06. The molecule has 0 aromatic heterocycles. The Labute approximate surface area is 149 Å². The highest BCUT2D eigenvalue weighted by Gasteiger charge is 2.30. The third-order valence-electron chi connectivity index (χ3n) is 4.18. The molecule has 0 radical (unpaired) electrons. The molecule has 2 nitrogen and oxygen atoms in total. The van der Waals surface area contributed by atoms with E-state index in [9.17, 15) is 4.57 Å². The monoisotopic (exact) mass is 347 g/mol. The smallest absolute Gasteiger partial charge is 0.205 e. The summed E-state index contributed by atoms with van der Waals surface area (Å²) < 4.78 is 14.1. The topological polar surface area (TPSA) is 29.1 Å². The largest absolute Gasteiger partial charge is 0.297 e. The summed E-state index contributed by atoms with van der Waals surface area (Å²) in [5.41, 5.74) is 1.11. The highest BCUT2D eigenvalue weighted by Crippen LogP contribution is 2.42. The number of hydrogen-bond donors (Lipinski definition) is 1. The zero-order chi connectivity index (χ0) is 17.5. The minimum absolute atomic E-state index is 0.0649. The minimum Gasteiger partial charge on any atom is -0.297 e. The zero-order valence-corrected chi connectivity index (χ0v) is 15.0. The maximum atomic E-state index is 14.1. The molecule has 0 saturated heterocycles. The first kappa shape index (κ1) is 17.4. The molecular formula is C22H22NOP. The molecule has 0 heterocycles. The first-order valence-corrected chi connectivity index (χ1v) is 10.1. The summed E-state index contributed by atoms with van der Waals surface area (Å²) in [5.74, 6) is 0. The summed E-state index contributed by atoms with van der Waals surface area (Å²) in [6.07, 6.45) is 2.57. The van der Waals surface area contributed by atoms with Crippen LogP contribution in [0.3, 0.4) is 0 Å². The van der Waals surface area contributed by atoms with E-state index in [0.29, 0.717) is 6.42 Å². The molecule has 3 aromatic carbocycles. The molecule has 0 unspecified atom stereocenters. The Hall–Kier alpha value is -2.41. The Bertz CT molecular complexity index is 803. The van der Waals surface area contributed by atoms with E-state index in [0.717, 1.165) is 16.2 Å². The van der Waals surface area contributed by atoms with E-state index < -0.39 is 7.29 Å². The van der Waals surface area contributed by atoms with Gasteiger partial charge >= 0.3 is 0 Å². The van der Waals surface area contributed by atoms with Gasteiger partial charge in [0.25, 0.3) is 0 Å². The van der Waals surface area contributed by atoms with Crippen LogP contribution >= 0.6 is 7.29 Å². The molecule has 1 atom stereocenters. The predicted octanol–water partition coefficient (Wildman–Crippen LogP) is 4.82. The van der Waals surface area contributed by atoms with Crippen LogP contribution in [-0.4, -0.2) is 0 Å². The third-order valence-corrected chi connectivity index (χ3v) is 6.91. The Morgan fingerprint density at radius 1 is 0.800 bits per heavy atom. The van der Waals surface area contributed by atoms with Gasteiger partial charge in [-0.25, -0.2) is 0 Å². The molecule has 25 heavy (non-hydrogen) atoms. The molecular weight excluding hydrogens is 325 g/mol. The Morgan fingerprint density at radius 2 is 1.24 bits per heavy atom. The van der Waals surface area contributed by atoms with Gasteiger partial charge in [0.1, 0.15) is 0 Å². The van der Waals surface area contributed by atoms with Gasteiger partial charge in [-0.1, -0.05) is 72.8 Å². The molecule has 3 rings (SSSR count). The Kier molecular flexibility index (Phi) is 5.65. The predicted molar refractivity (Wildman–Crippen MR) is 107 cm³/mol. The van der Waals surface area contributed by atoms with Gasteiger partial charge in [-0.3, -0.25) is 9.65 Å². The van der Waals surface area contributed by atoms with E-state index in [4.69, 9.17) is 0 Å². The van der Waals surface area contributed by atoms with Crippen molar-refractivity contribution < 1.29 is 4.57 Å². The molecule has 0 aliphatic carbocycles. The Morgan fingerprint density at radius 3 is 1.68 bits per heavy atom. The number of benzene rings is 3. The van der Waals surface area contributed by atoms with Crippen LogP contribution in [0.25, 0.3) is 0 Å². The average Bonchev–Trinajstić information content (AvgIpc) is 2.69. The van der Waals surface area contributed by atoms with Crippen LogP contribution < -0.4 is 15.7 Å². The first-order chi connectivity index (χ1) is 12.2. The number of nitrogens with one attached hydrogen (secondary N) is 1. The summed E-state index contributed by atoms with van der Waals surface area (Å²) >= 11 is 0. The standard InChI is InChI=1S/C22H22NOP/c1-2-12-22(19-13-6-3-7-14-19)23-25(24,20-15-8-4-9-16-20)21-17-10-5-11-18-21/h2-11,13-18,22H,1,12H2,(H,23,24)/t22-/m1/s1. The van der Waals surface area contributed by atoms with Crippen molar-refractivity contribution in [3.05, 3.63) is 109 Å². The average molecular weight is 347 g/mol. The van der Waals surface area contributed by atoms with Crippen molar-refractivity contribution in [3.63, 3.8) is 0 Å². The van der Waals surface area contributed by atoms with Gasteiger partial charge in [0.2, 0.25) is 7.29 Å². The fourth-order valence-corrected chi connectivity index (χ4v) is 5.38. The van der Waals surface area contributed by atoms with Gasteiger partial charge in [-0.2, -0.15) is 0 Å². The summed E-state index contributed by atoms with van der Waals surface area (Å²) in [5, 5.41) is 5.09. The van der Waals surface area contributed by atoms with Gasteiger partial charge in [0.15, 0.2) is 0 Å². The van der Waals surface area contributed by atoms with Crippen LogP contribution in [-0.2, 0) is 4.57 Å². The van der Waals surface area contributed by atoms with Crippen LogP contribution in [0, 0.1) is 0 Å². The van der Waals surface area contributed by atoms with Crippen LogP contribution in [0.2, 0.25) is 0 Å². The van der Waals surface area contributed by atoms with E-state index >= 15 is 0 Å². The van der Waals surface area contributed by atoms with Crippen molar-refractivity contribution in [2.45, 2.75) is 12.5 Å². The molecule has 0 aliphatic heterocycles. The maximum absolute atomic E-state index is 14.1. The van der Waals surface area contributed by atoms with Crippen molar-refractivity contribution >= 4 is 17.9 Å². The van der Waals surface area contributed by atoms with Gasteiger partial charge in [0, 0.05) is 16.7 Å². The normalized spacial score (nSPS) is 12.5. The lowest BCUT2D eigenvalue weighted by Gasteiger charge is -2.27. The van der Waals surface area contributed by atoms with E-state index in [2.05, 4.69) is 23.8 Å². The van der Waals surface area contributed by atoms with Crippen molar-refractivity contribution in [1.82, 2.24) is 5.09 Å². The van der Waals surface area contributed by atoms with Crippen LogP contribution in [0.1, 0.15) is 18.0 Å². The molecule has 0 bridgehead atoms. The lowest BCUT2D eigenvalue weighted by atomic mass is 10.1. The van der Waals surface area contributed by atoms with Gasteiger partial charge < -0.3 is 0 Å². The fourth-order valence-electron chi connectivity index (χ4n) is 2.91. The number of rotatable bonds is 7. The molecule has 0 aliphatic rings. The van der Waals surface area contributed by atoms with Gasteiger partial charge in [0.05, 0.1) is 0 Å². The SMILES string of the molecule is C=CC[C@@H](NP(=O)(c1ccccc1)c1ccccc1)c1ccccc1. The first-order valence-electron chi connectivity index (χ1n) is 8.39. The second-order valence-corrected chi connectivity index (χ2v) is 8.41. The summed E-state index contributed by atoms with van der Waals surface area (Å²) in [7, 11) is -2.97. The highest BCUT2D eigenvalue weighted by molar-refractivity contribution is 7.76. The molecule has 1 N–H and O–H groups in total. The van der Waals surface area contributed by atoms with Crippen LogP contribution in [0.15, 0.2) is 104 Å². The second-order valence-electron chi connectivity index (χ2n) is 5.90. The summed E-state index contributed by atoms with van der Waals surface area (Å²) in [6, 6.07) is 29.3. The number of hydrogen-bond acceptors (Lipinski definition) is 1. The summed E-state index contributed by atoms with van der Waals surface area (Å²) in [6.45, 7) is 3.87. The fraction of sp³-hybridized carbons (Fsp3) is 0.0909.